The van der Waals surface area contributed by atoms with Crippen LogP contribution in [0.25, 0.3) is 0 Å². The van der Waals surface area contributed by atoms with Gasteiger partial charge in [0.05, 0.1) is 19.1 Å². The minimum absolute atomic E-state index is 0.112. The van der Waals surface area contributed by atoms with Crippen LogP contribution in [0.1, 0.15) is 11.1 Å². The quantitative estimate of drug-likeness (QED) is 0.600. The van der Waals surface area contributed by atoms with Gasteiger partial charge in [0, 0.05) is 25.2 Å². The van der Waals surface area contributed by atoms with E-state index in [0.717, 1.165) is 0 Å². The zero-order valence-electron chi connectivity index (χ0n) is 14.2. The van der Waals surface area contributed by atoms with Gasteiger partial charge < -0.3 is 18.6 Å². The fourth-order valence-corrected chi connectivity index (χ4v) is 4.08. The van der Waals surface area contributed by atoms with E-state index in [4.69, 9.17) is 33.3 Å². The maximum absolute atomic E-state index is 12.3. The van der Waals surface area contributed by atoms with Gasteiger partial charge in [0.25, 0.3) is 0 Å². The summed E-state index contributed by atoms with van der Waals surface area (Å²) in [7, 11) is -0.493. The molecule has 2 aromatic rings. The molecule has 2 heterocycles. The first-order valence-corrected chi connectivity index (χ1v) is 10.1. The van der Waals surface area contributed by atoms with E-state index in [1.807, 2.05) is 0 Å². The molecule has 0 amide bonds. The Labute approximate surface area is 162 Å². The molecule has 26 heavy (non-hydrogen) atoms. The van der Waals surface area contributed by atoms with Crippen LogP contribution in [0.4, 0.5) is 0 Å². The summed E-state index contributed by atoms with van der Waals surface area (Å²) >= 11 is 10.4. The van der Waals surface area contributed by atoms with Gasteiger partial charge in [-0.05, 0) is 12.1 Å². The van der Waals surface area contributed by atoms with Crippen molar-refractivity contribution in [2.75, 3.05) is 32.3 Å². The number of furan rings is 2. The van der Waals surface area contributed by atoms with E-state index < -0.39 is 21.4 Å². The molecule has 0 aliphatic rings. The molecule has 10 heteroatoms. The Balaban J connectivity index is 1.90. The van der Waals surface area contributed by atoms with Gasteiger partial charge >= 0.3 is 0 Å². The number of ketones is 1. The van der Waals surface area contributed by atoms with Crippen molar-refractivity contribution < 1.29 is 22.0 Å². The number of nitrogens with zero attached hydrogens (tertiary/aromatic N) is 2. The van der Waals surface area contributed by atoms with Gasteiger partial charge in [-0.15, -0.1) is 0 Å². The SMILES string of the molecule is CN(CC(=O)CS(=O)(=O)CN(C)C(=S)c1ccoc1)C(=S)c1ccoc1. The number of hydrogen-bond donors (Lipinski definition) is 0. The Morgan fingerprint density at radius 3 is 1.96 bits per heavy atom. The molecule has 0 bridgehead atoms. The first-order chi connectivity index (χ1) is 12.2. The second-order valence-electron chi connectivity index (χ2n) is 5.74. The van der Waals surface area contributed by atoms with E-state index >= 15 is 0 Å². The molecule has 0 fully saturated rings. The van der Waals surface area contributed by atoms with E-state index in [0.29, 0.717) is 21.1 Å². The van der Waals surface area contributed by atoms with Crippen LogP contribution in [0, 0.1) is 0 Å². The molecule has 140 valence electrons. The van der Waals surface area contributed by atoms with Crippen molar-refractivity contribution >= 4 is 50.0 Å². The van der Waals surface area contributed by atoms with Gasteiger partial charge in [-0.1, -0.05) is 24.4 Å². The maximum Gasteiger partial charge on any atom is 0.175 e. The number of carbonyl (C=O) groups is 1. The summed E-state index contributed by atoms with van der Waals surface area (Å²) in [5.41, 5.74) is 1.26. The first kappa shape index (κ1) is 20.3. The monoisotopic (exact) mass is 414 g/mol. The van der Waals surface area contributed by atoms with E-state index in [9.17, 15) is 13.2 Å². The largest absolute Gasteiger partial charge is 0.472 e. The van der Waals surface area contributed by atoms with Crippen LogP contribution < -0.4 is 0 Å². The predicted octanol–water partition coefficient (Wildman–Crippen LogP) is 1.73. The molecule has 2 rings (SSSR count). The van der Waals surface area contributed by atoms with E-state index in [1.54, 1.807) is 26.2 Å². The summed E-state index contributed by atoms with van der Waals surface area (Å²) in [6, 6.07) is 3.31. The molecular weight excluding hydrogens is 396 g/mol. The van der Waals surface area contributed by atoms with E-state index in [1.165, 1.54) is 34.9 Å². The molecular formula is C16H18N2O5S3. The van der Waals surface area contributed by atoms with Crippen LogP contribution in [0.2, 0.25) is 0 Å². The zero-order chi connectivity index (χ0) is 19.3. The number of Topliss-reactive ketones (excluding diaryl/α,β-unsaturated/α-hetero) is 1. The summed E-state index contributed by atoms with van der Waals surface area (Å²) in [6.07, 6.45) is 5.82. The minimum Gasteiger partial charge on any atom is -0.472 e. The lowest BCUT2D eigenvalue weighted by Gasteiger charge is -2.20. The fourth-order valence-electron chi connectivity index (χ4n) is 2.24. The number of carbonyl (C=O) groups excluding carboxylic acids is 1. The van der Waals surface area contributed by atoms with Gasteiger partial charge in [0.1, 0.15) is 34.1 Å². The molecule has 0 spiro atoms. The average molecular weight is 415 g/mol. The van der Waals surface area contributed by atoms with Crippen molar-refractivity contribution in [1.82, 2.24) is 9.80 Å². The van der Waals surface area contributed by atoms with Gasteiger partial charge in [-0.25, -0.2) is 8.42 Å². The van der Waals surface area contributed by atoms with Crippen molar-refractivity contribution in [3.05, 3.63) is 48.3 Å². The van der Waals surface area contributed by atoms with Crippen LogP contribution in [0.5, 0.6) is 0 Å². The van der Waals surface area contributed by atoms with Crippen molar-refractivity contribution in [3.8, 4) is 0 Å². The maximum atomic E-state index is 12.3. The molecule has 0 N–H and O–H groups in total. The lowest BCUT2D eigenvalue weighted by atomic mass is 10.3. The topological polar surface area (TPSA) is 84.0 Å². The highest BCUT2D eigenvalue weighted by Crippen LogP contribution is 2.09. The second-order valence-corrected chi connectivity index (χ2v) is 8.55. The van der Waals surface area contributed by atoms with Crippen molar-refractivity contribution in [1.29, 1.82) is 0 Å². The van der Waals surface area contributed by atoms with E-state index in [2.05, 4.69) is 0 Å². The Hall–Kier alpha value is -2.04. The Morgan fingerprint density at radius 1 is 1.00 bits per heavy atom. The Morgan fingerprint density at radius 2 is 1.50 bits per heavy atom. The fraction of sp³-hybridized carbons (Fsp3) is 0.312. The lowest BCUT2D eigenvalue weighted by molar-refractivity contribution is -0.116. The highest BCUT2D eigenvalue weighted by atomic mass is 32.2. The summed E-state index contributed by atoms with van der Waals surface area (Å²) < 4.78 is 34.5. The summed E-state index contributed by atoms with van der Waals surface area (Å²) in [6.45, 7) is -0.112. The third-order valence-electron chi connectivity index (χ3n) is 3.41. The molecule has 0 aliphatic heterocycles. The molecule has 0 radical (unpaired) electrons. The van der Waals surface area contributed by atoms with Gasteiger partial charge in [0.15, 0.2) is 15.6 Å². The standard InChI is InChI=1S/C16H18N2O5S3/c1-17(15(24)12-3-5-22-8-12)7-14(19)10-26(20,21)11-18(2)16(25)13-4-6-23-9-13/h3-6,8-9H,7,10-11H2,1-2H3. The lowest BCUT2D eigenvalue weighted by Crippen LogP contribution is -2.37. The normalized spacial score (nSPS) is 11.2. The number of thiocarbonyl (C=S) groups is 2. The van der Waals surface area contributed by atoms with Gasteiger partial charge in [-0.3, -0.25) is 4.79 Å². The van der Waals surface area contributed by atoms with Crippen molar-refractivity contribution in [2.24, 2.45) is 0 Å². The van der Waals surface area contributed by atoms with Crippen LogP contribution in [0.15, 0.2) is 46.0 Å². The highest BCUT2D eigenvalue weighted by molar-refractivity contribution is 7.92. The van der Waals surface area contributed by atoms with Crippen molar-refractivity contribution in [2.45, 2.75) is 0 Å². The van der Waals surface area contributed by atoms with Crippen LogP contribution in [0.3, 0.4) is 0 Å². The summed E-state index contributed by atoms with van der Waals surface area (Å²) in [5, 5.41) is 0. The number of rotatable bonds is 8. The number of likely N-dealkylation sites (N-methyl/N-ethyl adjacent to an activating group) is 1. The molecule has 7 nitrogen and oxygen atoms in total. The van der Waals surface area contributed by atoms with Gasteiger partial charge in [0.2, 0.25) is 0 Å². The summed E-state index contributed by atoms with van der Waals surface area (Å²) in [4.78, 5) is 15.8. The highest BCUT2D eigenvalue weighted by Gasteiger charge is 2.22. The van der Waals surface area contributed by atoms with Crippen LogP contribution in [-0.4, -0.2) is 66.2 Å². The zero-order valence-corrected chi connectivity index (χ0v) is 16.7. The van der Waals surface area contributed by atoms with Crippen molar-refractivity contribution in [3.63, 3.8) is 0 Å². The average Bonchev–Trinajstić information content (AvgIpc) is 3.25. The predicted molar refractivity (Wildman–Crippen MR) is 105 cm³/mol. The molecule has 2 aromatic heterocycles. The first-order valence-electron chi connectivity index (χ1n) is 7.47. The smallest absolute Gasteiger partial charge is 0.175 e. The molecule has 0 atom stereocenters. The second kappa shape index (κ2) is 8.56. The molecule has 0 saturated carbocycles. The Kier molecular flexibility index (Phi) is 6.68. The third-order valence-corrected chi connectivity index (χ3v) is 6.05. The van der Waals surface area contributed by atoms with Crippen LogP contribution >= 0.6 is 24.4 Å². The molecule has 0 saturated heterocycles. The third kappa shape index (κ3) is 5.48. The van der Waals surface area contributed by atoms with Gasteiger partial charge in [-0.2, -0.15) is 0 Å². The molecule has 0 aliphatic carbocycles. The number of hydrogen-bond acceptors (Lipinski definition) is 7. The van der Waals surface area contributed by atoms with Crippen LogP contribution in [-0.2, 0) is 14.6 Å². The minimum atomic E-state index is -3.67. The molecule has 0 aromatic carbocycles. The Bertz CT molecular complexity index is 873. The van der Waals surface area contributed by atoms with E-state index in [-0.39, 0.29) is 12.4 Å². The molecule has 0 unspecified atom stereocenters. The summed E-state index contributed by atoms with van der Waals surface area (Å²) in [5.74, 6) is -1.41. The number of sulfone groups is 1.